The number of ether oxygens (including phenoxy) is 1. The van der Waals surface area contributed by atoms with Crippen molar-refractivity contribution in [3.8, 4) is 5.75 Å². The van der Waals surface area contributed by atoms with E-state index in [1.165, 1.54) is 12.1 Å². The molecule has 3 aromatic carbocycles. The maximum atomic E-state index is 13.9. The van der Waals surface area contributed by atoms with Crippen molar-refractivity contribution in [3.63, 3.8) is 0 Å². The molecule has 226 valence electrons. The van der Waals surface area contributed by atoms with Gasteiger partial charge in [0.05, 0.1) is 36.0 Å². The number of fused-ring (bicyclic) bond motifs is 2. The van der Waals surface area contributed by atoms with Gasteiger partial charge in [-0.25, -0.2) is 0 Å². The number of non-ortho nitro benzene ring substituents is 1. The number of amides is 1. The summed E-state index contributed by atoms with van der Waals surface area (Å²) in [5, 5.41) is 19.4. The number of nitro groups is 1. The summed E-state index contributed by atoms with van der Waals surface area (Å²) in [6.07, 6.45) is 3.51. The Morgan fingerprint density at radius 2 is 1.93 bits per heavy atom. The minimum atomic E-state index is -0.698. The van der Waals surface area contributed by atoms with Crippen LogP contribution in [-0.2, 0) is 16.0 Å². The highest BCUT2D eigenvalue weighted by Gasteiger charge is 2.42. The number of aromatic amines is 1. The van der Waals surface area contributed by atoms with Crippen molar-refractivity contribution >= 4 is 39.7 Å². The maximum absolute atomic E-state index is 13.9. The van der Waals surface area contributed by atoms with E-state index in [2.05, 4.69) is 29.5 Å². The number of benzene rings is 3. The number of carbonyl (C=O) groups is 2. The Morgan fingerprint density at radius 3 is 2.73 bits per heavy atom. The molecule has 0 fully saturated rings. The van der Waals surface area contributed by atoms with Gasteiger partial charge >= 0.3 is 0 Å². The van der Waals surface area contributed by atoms with E-state index in [1.807, 2.05) is 53.6 Å². The summed E-state index contributed by atoms with van der Waals surface area (Å²) < 4.78 is 5.38. The summed E-state index contributed by atoms with van der Waals surface area (Å²) in [6, 6.07) is 19.1. The Kier molecular flexibility index (Phi) is 7.59. The molecule has 1 aromatic heterocycles. The van der Waals surface area contributed by atoms with E-state index in [1.54, 1.807) is 19.2 Å². The summed E-state index contributed by atoms with van der Waals surface area (Å²) in [7, 11) is 1.63. The van der Waals surface area contributed by atoms with Gasteiger partial charge in [-0.1, -0.05) is 38.1 Å². The topological polar surface area (TPSA) is 130 Å². The number of hydrogen-bond donors (Lipinski definition) is 3. The summed E-state index contributed by atoms with van der Waals surface area (Å²) in [5.41, 5.74) is 5.14. The molecule has 0 bridgehead atoms. The van der Waals surface area contributed by atoms with Gasteiger partial charge < -0.3 is 25.3 Å². The van der Waals surface area contributed by atoms with E-state index < -0.39 is 11.0 Å². The molecule has 10 nitrogen and oxygen atoms in total. The second-order valence-electron chi connectivity index (χ2n) is 12.2. The van der Waals surface area contributed by atoms with Gasteiger partial charge in [-0.05, 0) is 59.7 Å². The highest BCUT2D eigenvalue weighted by atomic mass is 16.6. The Hall–Kier alpha value is -5.12. The van der Waals surface area contributed by atoms with Crippen molar-refractivity contribution in [2.45, 2.75) is 39.2 Å². The van der Waals surface area contributed by atoms with Crippen LogP contribution in [0.2, 0.25) is 0 Å². The second kappa shape index (κ2) is 11.5. The number of carbonyl (C=O) groups excluding carboxylic acids is 2. The number of methoxy groups -OCH3 is 1. The molecule has 1 aliphatic carbocycles. The SMILES string of the molecule is COc1ccc2[nH]cc(CCNC(=O)CN3c4ccccc4NC4=C(C(=O)CC(C)(C)C4)C3c3cccc([N+](=O)[O-])c3)c2c1. The molecule has 2 heterocycles. The van der Waals surface area contributed by atoms with Crippen molar-refractivity contribution in [1.82, 2.24) is 10.3 Å². The minimum absolute atomic E-state index is 0.0340. The average Bonchev–Trinajstić information content (AvgIpc) is 3.33. The van der Waals surface area contributed by atoms with Crippen LogP contribution in [0.15, 0.2) is 84.2 Å². The van der Waals surface area contributed by atoms with Crippen LogP contribution >= 0.6 is 0 Å². The van der Waals surface area contributed by atoms with Gasteiger partial charge in [0.25, 0.3) is 5.69 Å². The Balaban J connectivity index is 1.34. The molecule has 44 heavy (non-hydrogen) atoms. The van der Waals surface area contributed by atoms with Gasteiger partial charge in [0, 0.05) is 53.5 Å². The molecule has 0 radical (unpaired) electrons. The number of Topliss-reactive ketones (excluding diaryl/α,β-unsaturated/α-hetero) is 1. The molecule has 2 aliphatic rings. The number of anilines is 2. The largest absolute Gasteiger partial charge is 0.497 e. The molecule has 1 atom stereocenters. The molecule has 0 saturated heterocycles. The summed E-state index contributed by atoms with van der Waals surface area (Å²) in [4.78, 5) is 44.0. The molecular weight excluding hydrogens is 558 g/mol. The molecule has 0 spiro atoms. The lowest BCUT2D eigenvalue weighted by Crippen LogP contribution is -2.42. The maximum Gasteiger partial charge on any atom is 0.269 e. The number of nitrogens with zero attached hydrogens (tertiary/aromatic N) is 2. The lowest BCUT2D eigenvalue weighted by molar-refractivity contribution is -0.384. The first-order valence-electron chi connectivity index (χ1n) is 14.7. The van der Waals surface area contributed by atoms with E-state index in [0.717, 1.165) is 39.3 Å². The van der Waals surface area contributed by atoms with Crippen LogP contribution in [0.4, 0.5) is 17.1 Å². The van der Waals surface area contributed by atoms with Gasteiger partial charge in [-0.3, -0.25) is 19.7 Å². The molecular formula is C34H35N5O5. The van der Waals surface area contributed by atoms with Crippen molar-refractivity contribution in [2.75, 3.05) is 30.4 Å². The monoisotopic (exact) mass is 593 g/mol. The molecule has 10 heteroatoms. The lowest BCUT2D eigenvalue weighted by atomic mass is 9.73. The van der Waals surface area contributed by atoms with Crippen LogP contribution in [0.25, 0.3) is 10.9 Å². The van der Waals surface area contributed by atoms with Crippen LogP contribution in [-0.4, -0.2) is 41.8 Å². The molecule has 3 N–H and O–H groups in total. The standard InChI is InChI=1S/C34H35N5O5/c1-34(2)17-28-32(30(40)18-34)33(21-7-6-8-23(15-21)39(42)43)38(29-10-5-4-9-27(29)37-28)20-31(41)35-14-13-22-19-36-26-12-11-24(44-3)16-25(22)26/h4-12,15-16,19,33,36-37H,13-14,17-18,20H2,1-3H3,(H,35,41). The van der Waals surface area contributed by atoms with E-state index in [0.29, 0.717) is 36.9 Å². The highest BCUT2D eigenvalue weighted by molar-refractivity contribution is 6.02. The number of hydrogen-bond acceptors (Lipinski definition) is 7. The van der Waals surface area contributed by atoms with Crippen molar-refractivity contribution in [1.29, 1.82) is 0 Å². The van der Waals surface area contributed by atoms with E-state index in [9.17, 15) is 19.7 Å². The van der Waals surface area contributed by atoms with Crippen molar-refractivity contribution < 1.29 is 19.2 Å². The summed E-state index contributed by atoms with van der Waals surface area (Å²) >= 11 is 0. The fraction of sp³-hybridized carbons (Fsp3) is 0.294. The van der Waals surface area contributed by atoms with Gasteiger partial charge in [-0.2, -0.15) is 0 Å². The Bertz CT molecular complexity index is 1810. The number of aromatic nitrogens is 1. The minimum Gasteiger partial charge on any atom is -0.497 e. The predicted molar refractivity (Wildman–Crippen MR) is 170 cm³/mol. The van der Waals surface area contributed by atoms with Crippen molar-refractivity contribution in [2.24, 2.45) is 5.41 Å². The zero-order valence-corrected chi connectivity index (χ0v) is 25.0. The van der Waals surface area contributed by atoms with E-state index in [4.69, 9.17) is 4.74 Å². The number of rotatable bonds is 8. The molecule has 1 aliphatic heterocycles. The Morgan fingerprint density at radius 1 is 1.11 bits per heavy atom. The van der Waals surface area contributed by atoms with E-state index in [-0.39, 0.29) is 29.3 Å². The van der Waals surface area contributed by atoms with Crippen LogP contribution in [0, 0.1) is 15.5 Å². The number of nitro benzene ring substituents is 1. The van der Waals surface area contributed by atoms with Gasteiger partial charge in [-0.15, -0.1) is 0 Å². The van der Waals surface area contributed by atoms with Gasteiger partial charge in [0.2, 0.25) is 5.91 Å². The normalized spacial score (nSPS) is 17.4. The first-order valence-corrected chi connectivity index (χ1v) is 14.7. The first-order chi connectivity index (χ1) is 21.1. The van der Waals surface area contributed by atoms with Crippen LogP contribution in [0.1, 0.15) is 43.9 Å². The van der Waals surface area contributed by atoms with Crippen molar-refractivity contribution in [3.05, 3.63) is 105 Å². The molecule has 1 unspecified atom stereocenters. The molecule has 4 aromatic rings. The lowest BCUT2D eigenvalue weighted by Gasteiger charge is -2.37. The third-order valence-corrected chi connectivity index (χ3v) is 8.41. The number of allylic oxidation sites excluding steroid dienone is 1. The van der Waals surface area contributed by atoms with Crippen LogP contribution < -0.4 is 20.3 Å². The third-order valence-electron chi connectivity index (χ3n) is 8.41. The molecule has 1 amide bonds. The van der Waals surface area contributed by atoms with Crippen LogP contribution in [0.3, 0.4) is 0 Å². The summed E-state index contributed by atoms with van der Waals surface area (Å²) in [6.45, 7) is 4.47. The summed E-state index contributed by atoms with van der Waals surface area (Å²) in [5.74, 6) is 0.505. The predicted octanol–water partition coefficient (Wildman–Crippen LogP) is 6.06. The second-order valence-corrected chi connectivity index (χ2v) is 12.2. The number of H-pyrrole nitrogens is 1. The zero-order chi connectivity index (χ0) is 31.0. The smallest absolute Gasteiger partial charge is 0.269 e. The molecule has 0 saturated carbocycles. The highest BCUT2D eigenvalue weighted by Crippen LogP contribution is 2.48. The van der Waals surface area contributed by atoms with Crippen LogP contribution in [0.5, 0.6) is 5.75 Å². The van der Waals surface area contributed by atoms with Gasteiger partial charge in [0.15, 0.2) is 5.78 Å². The zero-order valence-electron chi connectivity index (χ0n) is 25.0. The third kappa shape index (κ3) is 5.62. The Labute approximate surface area is 255 Å². The fourth-order valence-corrected chi connectivity index (χ4v) is 6.42. The molecule has 6 rings (SSSR count). The quantitative estimate of drug-likeness (QED) is 0.167. The number of nitrogens with one attached hydrogen (secondary N) is 3. The average molecular weight is 594 g/mol. The first kappa shape index (κ1) is 29.0. The fourth-order valence-electron chi connectivity index (χ4n) is 6.42. The number of ketones is 1. The van der Waals surface area contributed by atoms with Gasteiger partial charge in [0.1, 0.15) is 5.75 Å². The van der Waals surface area contributed by atoms with E-state index >= 15 is 0 Å². The number of para-hydroxylation sites is 2.